The van der Waals surface area contributed by atoms with E-state index in [1.807, 2.05) is 43.0 Å². The van der Waals surface area contributed by atoms with Crippen LogP contribution in [0.25, 0.3) is 11.3 Å². The molecule has 0 bridgehead atoms. The van der Waals surface area contributed by atoms with Crippen LogP contribution in [0.4, 0.5) is 6.01 Å². The van der Waals surface area contributed by atoms with E-state index in [-0.39, 0.29) is 5.56 Å². The number of rotatable bonds is 5. The van der Waals surface area contributed by atoms with Gasteiger partial charge in [0.05, 0.1) is 7.11 Å². The first-order chi connectivity index (χ1) is 9.67. The zero-order valence-electron chi connectivity index (χ0n) is 11.9. The zero-order chi connectivity index (χ0) is 14.5. The third-order valence-electron chi connectivity index (χ3n) is 3.07. The van der Waals surface area contributed by atoms with Crippen LogP contribution in [0.1, 0.15) is 13.8 Å². The lowest BCUT2D eigenvalue weighted by atomic mass is 10.1. The molecule has 0 aliphatic rings. The first-order valence-electron chi connectivity index (χ1n) is 6.59. The number of hydrogen-bond donors (Lipinski definition) is 0. The van der Waals surface area contributed by atoms with E-state index in [0.717, 1.165) is 24.4 Å². The minimum absolute atomic E-state index is 0.302. The molecule has 0 amide bonds. The predicted molar refractivity (Wildman–Crippen MR) is 78.3 cm³/mol. The molecule has 20 heavy (non-hydrogen) atoms. The molecule has 0 radical (unpaired) electrons. The average molecular weight is 274 g/mol. The normalized spacial score (nSPS) is 10.3. The minimum Gasteiger partial charge on any atom is -0.497 e. The van der Waals surface area contributed by atoms with Crippen LogP contribution in [0.15, 0.2) is 39.5 Å². The summed E-state index contributed by atoms with van der Waals surface area (Å²) in [6, 6.07) is 9.11. The summed E-state index contributed by atoms with van der Waals surface area (Å²) < 4.78 is 10.8. The average Bonchev–Trinajstić information content (AvgIpc) is 2.48. The Balaban J connectivity index is 2.43. The van der Waals surface area contributed by atoms with Crippen LogP contribution in [0.2, 0.25) is 0 Å². The standard InChI is InChI=1S/C15H18N2O3/c1-4-17(5-2)15-16-14(18)10-13(20-15)11-6-8-12(19-3)9-7-11/h6-10H,4-5H2,1-3H3. The van der Waals surface area contributed by atoms with Crippen LogP contribution in [0.5, 0.6) is 5.75 Å². The van der Waals surface area contributed by atoms with Gasteiger partial charge in [-0.1, -0.05) is 0 Å². The third-order valence-corrected chi connectivity index (χ3v) is 3.07. The lowest BCUT2D eigenvalue weighted by Crippen LogP contribution is -2.25. The van der Waals surface area contributed by atoms with Crippen LogP contribution in [0, 0.1) is 0 Å². The topological polar surface area (TPSA) is 55.6 Å². The molecule has 0 unspecified atom stereocenters. The van der Waals surface area contributed by atoms with Gasteiger partial charge in [0.2, 0.25) is 0 Å². The number of hydrogen-bond acceptors (Lipinski definition) is 5. The Kier molecular flexibility index (Phi) is 4.40. The summed E-state index contributed by atoms with van der Waals surface area (Å²) >= 11 is 0. The van der Waals surface area contributed by atoms with Gasteiger partial charge in [-0.3, -0.25) is 4.79 Å². The highest BCUT2D eigenvalue weighted by atomic mass is 16.5. The first kappa shape index (κ1) is 14.1. The Morgan fingerprint density at radius 1 is 1.20 bits per heavy atom. The molecule has 2 rings (SSSR count). The predicted octanol–water partition coefficient (Wildman–Crippen LogP) is 2.56. The van der Waals surface area contributed by atoms with Gasteiger partial charge in [-0.25, -0.2) is 0 Å². The van der Waals surface area contributed by atoms with E-state index in [2.05, 4.69) is 4.98 Å². The van der Waals surface area contributed by atoms with E-state index in [4.69, 9.17) is 9.15 Å². The quantitative estimate of drug-likeness (QED) is 0.838. The zero-order valence-corrected chi connectivity index (χ0v) is 11.9. The molecule has 0 saturated carbocycles. The number of ether oxygens (including phenoxy) is 1. The van der Waals surface area contributed by atoms with Gasteiger partial charge < -0.3 is 14.1 Å². The maximum atomic E-state index is 11.7. The molecule has 0 aliphatic carbocycles. The van der Waals surface area contributed by atoms with Crippen molar-refractivity contribution >= 4 is 6.01 Å². The van der Waals surface area contributed by atoms with E-state index in [1.54, 1.807) is 7.11 Å². The fourth-order valence-corrected chi connectivity index (χ4v) is 1.92. The molecule has 0 saturated heterocycles. The molecule has 5 heteroatoms. The summed E-state index contributed by atoms with van der Waals surface area (Å²) in [6.07, 6.45) is 0. The van der Waals surface area contributed by atoms with E-state index >= 15 is 0 Å². The van der Waals surface area contributed by atoms with Crippen molar-refractivity contribution in [2.75, 3.05) is 25.1 Å². The van der Waals surface area contributed by atoms with Crippen molar-refractivity contribution in [3.63, 3.8) is 0 Å². The van der Waals surface area contributed by atoms with Gasteiger partial charge in [0.1, 0.15) is 11.5 Å². The highest BCUT2D eigenvalue weighted by Crippen LogP contribution is 2.23. The molecule has 1 heterocycles. The van der Waals surface area contributed by atoms with Crippen molar-refractivity contribution in [2.24, 2.45) is 0 Å². The fraction of sp³-hybridized carbons (Fsp3) is 0.333. The van der Waals surface area contributed by atoms with Gasteiger partial charge in [-0.15, -0.1) is 0 Å². The SMILES string of the molecule is CCN(CC)c1nc(=O)cc(-c2ccc(OC)cc2)o1. The Hall–Kier alpha value is -2.30. The van der Waals surface area contributed by atoms with E-state index in [9.17, 15) is 4.79 Å². The van der Waals surface area contributed by atoms with Gasteiger partial charge in [0, 0.05) is 24.7 Å². The highest BCUT2D eigenvalue weighted by molar-refractivity contribution is 5.58. The molecular formula is C15H18N2O3. The van der Waals surface area contributed by atoms with Crippen LogP contribution in [-0.4, -0.2) is 25.2 Å². The Morgan fingerprint density at radius 3 is 2.40 bits per heavy atom. The number of benzene rings is 1. The fourth-order valence-electron chi connectivity index (χ4n) is 1.92. The molecule has 1 aromatic carbocycles. The summed E-state index contributed by atoms with van der Waals surface area (Å²) in [7, 11) is 1.61. The summed E-state index contributed by atoms with van der Waals surface area (Å²) in [6.45, 7) is 5.45. The number of nitrogens with zero attached hydrogens (tertiary/aromatic N) is 2. The molecule has 0 aliphatic heterocycles. The molecule has 1 aromatic heterocycles. The van der Waals surface area contributed by atoms with Crippen molar-refractivity contribution < 1.29 is 9.15 Å². The van der Waals surface area contributed by atoms with Crippen LogP contribution in [-0.2, 0) is 0 Å². The number of aromatic nitrogens is 1. The maximum Gasteiger partial charge on any atom is 0.301 e. The van der Waals surface area contributed by atoms with Gasteiger partial charge in [0.15, 0.2) is 0 Å². The molecule has 0 atom stereocenters. The number of anilines is 1. The van der Waals surface area contributed by atoms with E-state index < -0.39 is 0 Å². The Bertz CT molecular complexity index is 616. The van der Waals surface area contributed by atoms with Crippen molar-refractivity contribution in [3.8, 4) is 17.1 Å². The molecule has 0 spiro atoms. The van der Waals surface area contributed by atoms with Crippen molar-refractivity contribution in [2.45, 2.75) is 13.8 Å². The van der Waals surface area contributed by atoms with Gasteiger partial charge in [-0.2, -0.15) is 4.98 Å². The lowest BCUT2D eigenvalue weighted by molar-refractivity contribution is 0.415. The molecule has 106 valence electrons. The summed E-state index contributed by atoms with van der Waals surface area (Å²) in [4.78, 5) is 17.5. The molecule has 5 nitrogen and oxygen atoms in total. The van der Waals surface area contributed by atoms with Crippen molar-refractivity contribution in [1.82, 2.24) is 4.98 Å². The van der Waals surface area contributed by atoms with Crippen LogP contribution >= 0.6 is 0 Å². The van der Waals surface area contributed by atoms with Crippen molar-refractivity contribution in [3.05, 3.63) is 40.7 Å². The summed E-state index contributed by atoms with van der Waals surface area (Å²) in [5.41, 5.74) is 0.516. The molecular weight excluding hydrogens is 256 g/mol. The second-order valence-electron chi connectivity index (χ2n) is 4.24. The Morgan fingerprint density at radius 2 is 1.85 bits per heavy atom. The molecule has 0 fully saturated rings. The smallest absolute Gasteiger partial charge is 0.301 e. The first-order valence-corrected chi connectivity index (χ1v) is 6.59. The van der Waals surface area contributed by atoms with E-state index in [0.29, 0.717) is 11.8 Å². The second kappa shape index (κ2) is 6.23. The van der Waals surface area contributed by atoms with Gasteiger partial charge in [0.25, 0.3) is 5.56 Å². The third kappa shape index (κ3) is 2.99. The Labute approximate surface area is 117 Å². The lowest BCUT2D eigenvalue weighted by Gasteiger charge is -2.17. The summed E-state index contributed by atoms with van der Waals surface area (Å²) in [5, 5.41) is 0. The molecule has 0 N–H and O–H groups in total. The summed E-state index contributed by atoms with van der Waals surface area (Å²) in [5.74, 6) is 1.27. The van der Waals surface area contributed by atoms with Gasteiger partial charge >= 0.3 is 6.01 Å². The van der Waals surface area contributed by atoms with Crippen molar-refractivity contribution in [1.29, 1.82) is 0 Å². The molecule has 2 aromatic rings. The van der Waals surface area contributed by atoms with Crippen LogP contribution < -0.4 is 15.2 Å². The number of methoxy groups -OCH3 is 1. The maximum absolute atomic E-state index is 11.7. The minimum atomic E-state index is -0.302. The highest BCUT2D eigenvalue weighted by Gasteiger charge is 2.11. The largest absolute Gasteiger partial charge is 0.497 e. The van der Waals surface area contributed by atoms with Gasteiger partial charge in [-0.05, 0) is 38.1 Å². The monoisotopic (exact) mass is 274 g/mol. The van der Waals surface area contributed by atoms with E-state index in [1.165, 1.54) is 6.07 Å². The second-order valence-corrected chi connectivity index (χ2v) is 4.24. The van der Waals surface area contributed by atoms with Crippen LogP contribution in [0.3, 0.4) is 0 Å².